The molecule has 204 valence electrons. The van der Waals surface area contributed by atoms with E-state index in [2.05, 4.69) is 9.97 Å². The number of fused-ring (bicyclic) bond motifs is 1. The van der Waals surface area contributed by atoms with Crippen molar-refractivity contribution in [3.8, 4) is 28.8 Å². The highest BCUT2D eigenvalue weighted by molar-refractivity contribution is 5.99. The van der Waals surface area contributed by atoms with E-state index in [1.807, 2.05) is 24.3 Å². The number of anilines is 1. The number of nitrogens with zero attached hydrogens (tertiary/aromatic N) is 6. The molecule has 1 fully saturated rings. The maximum atomic E-state index is 15.5. The Kier molecular flexibility index (Phi) is 7.19. The van der Waals surface area contributed by atoms with E-state index in [9.17, 15) is 10.1 Å². The maximum absolute atomic E-state index is 15.5. The lowest BCUT2D eigenvalue weighted by molar-refractivity contribution is -0.128. The van der Waals surface area contributed by atoms with Crippen LogP contribution in [-0.4, -0.2) is 49.2 Å². The molecule has 10 nitrogen and oxygen atoms in total. The molecule has 3 heterocycles. The summed E-state index contributed by atoms with van der Waals surface area (Å²) in [5.74, 6) is 0.152. The van der Waals surface area contributed by atoms with Gasteiger partial charge in [-0.15, -0.1) is 0 Å². The third-order valence-electron chi connectivity index (χ3n) is 6.59. The monoisotopic (exact) mass is 540 g/mol. The third-order valence-corrected chi connectivity index (χ3v) is 6.59. The molecule has 1 aliphatic heterocycles. The lowest BCUT2D eigenvalue weighted by Gasteiger charge is -2.33. The van der Waals surface area contributed by atoms with Gasteiger partial charge in [-0.1, -0.05) is 18.2 Å². The Hall–Kier alpha value is -4.82. The summed E-state index contributed by atoms with van der Waals surface area (Å²) >= 11 is 0. The standard InChI is InChI=1S/C29H29FN8O2/c1-29(2,33)14-18(15-31)28(39)37-12-6-7-19(16-37)38-27-24(26(32)34-17-35-27)25(36-38)22-11-10-21(13-23(22)30)40-20-8-4-3-5-9-20/h3-5,8-11,13-14,17,19H,6-7,12,16,33H2,1-2H3,(H2,32,34,35)/b18-14-/t19-/m1/s1. The van der Waals surface area contributed by atoms with E-state index in [0.29, 0.717) is 47.6 Å². The molecule has 0 radical (unpaired) electrons. The number of nitrogen functional groups attached to an aromatic ring is 1. The van der Waals surface area contributed by atoms with Gasteiger partial charge in [0.25, 0.3) is 5.91 Å². The number of para-hydroxylation sites is 1. The lowest BCUT2D eigenvalue weighted by atomic mass is 10.0. The van der Waals surface area contributed by atoms with Gasteiger partial charge >= 0.3 is 0 Å². The Morgan fingerprint density at radius 3 is 2.67 bits per heavy atom. The fourth-order valence-electron chi connectivity index (χ4n) is 4.84. The second-order valence-electron chi connectivity index (χ2n) is 10.3. The van der Waals surface area contributed by atoms with Crippen LogP contribution in [0, 0.1) is 17.1 Å². The molecule has 2 aromatic carbocycles. The van der Waals surface area contributed by atoms with E-state index in [-0.39, 0.29) is 29.5 Å². The molecule has 2 aromatic heterocycles. The average Bonchev–Trinajstić information content (AvgIpc) is 3.32. The van der Waals surface area contributed by atoms with Gasteiger partial charge in [-0.25, -0.2) is 19.0 Å². The largest absolute Gasteiger partial charge is 0.457 e. The summed E-state index contributed by atoms with van der Waals surface area (Å²) < 4.78 is 22.9. The number of nitriles is 1. The molecule has 0 saturated carbocycles. The Morgan fingerprint density at radius 1 is 1.20 bits per heavy atom. The van der Waals surface area contributed by atoms with E-state index >= 15 is 4.39 Å². The minimum Gasteiger partial charge on any atom is -0.457 e. The highest BCUT2D eigenvalue weighted by atomic mass is 19.1. The summed E-state index contributed by atoms with van der Waals surface area (Å²) in [7, 11) is 0. The first-order valence-corrected chi connectivity index (χ1v) is 12.9. The molecule has 0 aliphatic carbocycles. The normalized spacial score (nSPS) is 16.1. The number of rotatable bonds is 6. The first kappa shape index (κ1) is 26.8. The Bertz CT molecular complexity index is 1640. The summed E-state index contributed by atoms with van der Waals surface area (Å²) in [5, 5.41) is 14.8. The van der Waals surface area contributed by atoms with Gasteiger partial charge in [0, 0.05) is 30.3 Å². The molecule has 1 aliphatic rings. The van der Waals surface area contributed by atoms with Crippen LogP contribution in [-0.2, 0) is 4.79 Å². The number of benzene rings is 2. The van der Waals surface area contributed by atoms with Gasteiger partial charge < -0.3 is 21.1 Å². The molecule has 1 atom stereocenters. The molecule has 0 bridgehead atoms. The summed E-state index contributed by atoms with van der Waals surface area (Å²) in [5.41, 5.74) is 12.4. The molecule has 1 amide bonds. The van der Waals surface area contributed by atoms with Gasteiger partial charge in [-0.3, -0.25) is 4.79 Å². The van der Waals surface area contributed by atoms with Gasteiger partial charge in [0.15, 0.2) is 5.65 Å². The average molecular weight is 541 g/mol. The van der Waals surface area contributed by atoms with Crippen molar-refractivity contribution in [3.63, 3.8) is 0 Å². The molecule has 40 heavy (non-hydrogen) atoms. The fourth-order valence-corrected chi connectivity index (χ4v) is 4.84. The van der Waals surface area contributed by atoms with Crippen molar-refractivity contribution < 1.29 is 13.9 Å². The van der Waals surface area contributed by atoms with E-state index < -0.39 is 17.3 Å². The predicted octanol–water partition coefficient (Wildman–Crippen LogP) is 4.36. The van der Waals surface area contributed by atoms with E-state index in [4.69, 9.17) is 21.3 Å². The van der Waals surface area contributed by atoms with Crippen molar-refractivity contribution in [1.29, 1.82) is 5.26 Å². The van der Waals surface area contributed by atoms with Crippen LogP contribution in [0.4, 0.5) is 10.2 Å². The second-order valence-corrected chi connectivity index (χ2v) is 10.3. The van der Waals surface area contributed by atoms with Crippen LogP contribution in [0.2, 0.25) is 0 Å². The zero-order chi connectivity index (χ0) is 28.4. The second kappa shape index (κ2) is 10.7. The van der Waals surface area contributed by atoms with Crippen LogP contribution in [0.3, 0.4) is 0 Å². The Balaban J connectivity index is 1.49. The SMILES string of the molecule is CC(C)(N)/C=C(/C#N)C(=O)N1CCC[C@@H](n2nc(-c3ccc(Oc4ccccc4)cc3F)c3c(N)ncnc32)C1. The number of carbonyl (C=O) groups excluding carboxylic acids is 1. The van der Waals surface area contributed by atoms with Gasteiger partial charge in [0.05, 0.1) is 11.4 Å². The lowest BCUT2D eigenvalue weighted by Crippen LogP contribution is -2.42. The van der Waals surface area contributed by atoms with Crippen molar-refractivity contribution in [1.82, 2.24) is 24.6 Å². The van der Waals surface area contributed by atoms with E-state index in [1.54, 1.807) is 47.7 Å². The zero-order valence-electron chi connectivity index (χ0n) is 22.2. The molecule has 0 spiro atoms. The number of hydrogen-bond acceptors (Lipinski definition) is 8. The summed E-state index contributed by atoms with van der Waals surface area (Å²) in [6.07, 6.45) is 4.18. The number of amides is 1. The van der Waals surface area contributed by atoms with Gasteiger partial charge in [0.2, 0.25) is 0 Å². The molecule has 11 heteroatoms. The van der Waals surface area contributed by atoms with Crippen molar-refractivity contribution in [2.75, 3.05) is 18.8 Å². The van der Waals surface area contributed by atoms with Crippen LogP contribution in [0.5, 0.6) is 11.5 Å². The maximum Gasteiger partial charge on any atom is 0.264 e. The minimum absolute atomic E-state index is 0.00869. The van der Waals surface area contributed by atoms with E-state index in [0.717, 1.165) is 0 Å². The third kappa shape index (κ3) is 5.48. The Labute approximate surface area is 230 Å². The van der Waals surface area contributed by atoms with Crippen molar-refractivity contribution >= 4 is 22.8 Å². The molecule has 1 saturated heterocycles. The quantitative estimate of drug-likeness (QED) is 0.271. The van der Waals surface area contributed by atoms with Crippen LogP contribution in [0.15, 0.2) is 66.5 Å². The first-order chi connectivity index (χ1) is 19.1. The number of aromatic nitrogens is 4. The highest BCUT2D eigenvalue weighted by Gasteiger charge is 2.31. The van der Waals surface area contributed by atoms with Crippen LogP contribution >= 0.6 is 0 Å². The topological polar surface area (TPSA) is 149 Å². The fraction of sp³-hybridized carbons (Fsp3) is 0.276. The summed E-state index contributed by atoms with van der Waals surface area (Å²) in [6.45, 7) is 4.21. The number of ether oxygens (including phenoxy) is 1. The number of halogens is 1. The molecule has 0 unspecified atom stereocenters. The van der Waals surface area contributed by atoms with Crippen LogP contribution < -0.4 is 16.2 Å². The van der Waals surface area contributed by atoms with Gasteiger partial charge in [-0.05, 0) is 57.0 Å². The molecular weight excluding hydrogens is 511 g/mol. The smallest absolute Gasteiger partial charge is 0.264 e. The number of hydrogen-bond donors (Lipinski definition) is 2. The first-order valence-electron chi connectivity index (χ1n) is 12.9. The molecule has 4 N–H and O–H groups in total. The van der Waals surface area contributed by atoms with Crippen LogP contribution in [0.25, 0.3) is 22.3 Å². The minimum atomic E-state index is -0.816. The summed E-state index contributed by atoms with van der Waals surface area (Å²) in [4.78, 5) is 23.3. The number of carbonyl (C=O) groups is 1. The van der Waals surface area contributed by atoms with Crippen molar-refractivity contribution in [2.45, 2.75) is 38.3 Å². The predicted molar refractivity (Wildman–Crippen MR) is 148 cm³/mol. The van der Waals surface area contributed by atoms with Crippen molar-refractivity contribution in [3.05, 3.63) is 72.3 Å². The van der Waals surface area contributed by atoms with Crippen molar-refractivity contribution in [2.24, 2.45) is 5.73 Å². The summed E-state index contributed by atoms with van der Waals surface area (Å²) in [6, 6.07) is 15.3. The molecular formula is C29H29FN8O2. The number of piperidine rings is 1. The van der Waals surface area contributed by atoms with E-state index in [1.165, 1.54) is 18.5 Å². The number of nitrogens with two attached hydrogens (primary N) is 2. The van der Waals surface area contributed by atoms with Gasteiger partial charge in [0.1, 0.15) is 46.8 Å². The number of likely N-dealkylation sites (tertiary alicyclic amines) is 1. The van der Waals surface area contributed by atoms with Gasteiger partial charge in [-0.2, -0.15) is 10.4 Å². The molecule has 5 rings (SSSR count). The highest BCUT2D eigenvalue weighted by Crippen LogP contribution is 2.36. The zero-order valence-corrected chi connectivity index (χ0v) is 22.2. The van der Waals surface area contributed by atoms with Crippen LogP contribution in [0.1, 0.15) is 32.7 Å². The molecule has 4 aromatic rings. The Morgan fingerprint density at radius 2 is 1.98 bits per heavy atom.